The Morgan fingerprint density at radius 2 is 2.10 bits per heavy atom. The molecule has 0 aromatic heterocycles. The van der Waals surface area contributed by atoms with Crippen LogP contribution >= 0.6 is 11.6 Å². The number of rotatable bonds is 7. The first-order chi connectivity index (χ1) is 9.92. The summed E-state index contributed by atoms with van der Waals surface area (Å²) in [6.45, 7) is 0.216. The van der Waals surface area contributed by atoms with Gasteiger partial charge in [0.15, 0.2) is 0 Å². The first-order valence-electron chi connectivity index (χ1n) is 6.28. The molecule has 0 unspecified atom stereocenters. The summed E-state index contributed by atoms with van der Waals surface area (Å²) in [7, 11) is 1.65. The molecular formula is C15H17ClN2O3. The third kappa shape index (κ3) is 6.30. The van der Waals surface area contributed by atoms with E-state index in [2.05, 4.69) is 5.92 Å². The maximum absolute atomic E-state index is 12.1. The fourth-order valence-corrected chi connectivity index (χ4v) is 2.01. The predicted molar refractivity (Wildman–Crippen MR) is 80.8 cm³/mol. The Hall–Kier alpha value is -2.03. The molecule has 0 saturated heterocycles. The highest BCUT2D eigenvalue weighted by Gasteiger charge is 2.16. The van der Waals surface area contributed by atoms with Gasteiger partial charge >= 0.3 is 5.97 Å². The Kier molecular flexibility index (Phi) is 6.73. The normalized spacial score (nSPS) is 10.2. The molecule has 0 fully saturated rings. The predicted octanol–water partition coefficient (Wildman–Crippen LogP) is 1.32. The third-order valence-electron chi connectivity index (χ3n) is 2.77. The van der Waals surface area contributed by atoms with Crippen molar-refractivity contribution in [2.75, 3.05) is 26.7 Å². The average Bonchev–Trinajstić information content (AvgIpc) is 2.38. The third-order valence-corrected chi connectivity index (χ3v) is 3.00. The Bertz CT molecular complexity index is 554. The molecule has 1 aromatic rings. The zero-order valence-corrected chi connectivity index (χ0v) is 12.5. The molecule has 0 radical (unpaired) electrons. The minimum atomic E-state index is -1.02. The number of nitrogens with zero attached hydrogens (tertiary/aromatic N) is 2. The topological polar surface area (TPSA) is 60.9 Å². The number of carbonyl (C=O) groups excluding carboxylic acids is 1. The molecule has 0 saturated carbocycles. The second-order valence-corrected chi connectivity index (χ2v) is 5.06. The van der Waals surface area contributed by atoms with Crippen molar-refractivity contribution in [2.24, 2.45) is 0 Å². The number of aliphatic carboxylic acids is 1. The van der Waals surface area contributed by atoms with E-state index >= 15 is 0 Å². The number of carboxylic acid groups (broad SMARTS) is 1. The van der Waals surface area contributed by atoms with Crippen LogP contribution < -0.4 is 0 Å². The van der Waals surface area contributed by atoms with Crippen molar-refractivity contribution in [3.63, 3.8) is 0 Å². The number of terminal acetylenes is 1. The molecule has 1 N–H and O–H groups in total. The highest BCUT2D eigenvalue weighted by atomic mass is 35.5. The first kappa shape index (κ1) is 17.0. The fraction of sp³-hybridized carbons (Fsp3) is 0.333. The van der Waals surface area contributed by atoms with Crippen LogP contribution in [0, 0.1) is 12.3 Å². The molecule has 6 heteroatoms. The van der Waals surface area contributed by atoms with Crippen molar-refractivity contribution in [3.8, 4) is 12.3 Å². The van der Waals surface area contributed by atoms with E-state index in [1.165, 1.54) is 9.80 Å². The van der Waals surface area contributed by atoms with E-state index in [0.717, 1.165) is 5.56 Å². The lowest BCUT2D eigenvalue weighted by Gasteiger charge is -2.22. The van der Waals surface area contributed by atoms with Gasteiger partial charge in [-0.1, -0.05) is 29.7 Å². The number of halogens is 1. The summed E-state index contributed by atoms with van der Waals surface area (Å²) in [6, 6.07) is 7.22. The van der Waals surface area contributed by atoms with Crippen molar-refractivity contribution in [1.82, 2.24) is 9.80 Å². The number of benzene rings is 1. The molecule has 1 rings (SSSR count). The summed E-state index contributed by atoms with van der Waals surface area (Å²) in [6.07, 6.45) is 5.17. The second kappa shape index (κ2) is 8.30. The molecule has 1 amide bonds. The van der Waals surface area contributed by atoms with E-state index in [1.807, 2.05) is 12.1 Å². The van der Waals surface area contributed by atoms with Gasteiger partial charge in [0.1, 0.15) is 0 Å². The van der Waals surface area contributed by atoms with Crippen molar-refractivity contribution in [1.29, 1.82) is 0 Å². The molecule has 0 aliphatic carbocycles. The van der Waals surface area contributed by atoms with Crippen molar-refractivity contribution in [3.05, 3.63) is 34.9 Å². The smallest absolute Gasteiger partial charge is 0.317 e. The molecule has 1 aromatic carbocycles. The minimum absolute atomic E-state index is 0.0342. The number of carbonyl (C=O) groups is 2. The summed E-state index contributed by atoms with van der Waals surface area (Å²) in [5.41, 5.74) is 0.903. The van der Waals surface area contributed by atoms with Gasteiger partial charge in [-0.05, 0) is 17.7 Å². The number of hydrogen-bond donors (Lipinski definition) is 1. The van der Waals surface area contributed by atoms with Crippen molar-refractivity contribution >= 4 is 23.5 Å². The van der Waals surface area contributed by atoms with Gasteiger partial charge in [0.2, 0.25) is 5.91 Å². The quantitative estimate of drug-likeness (QED) is 0.772. The molecule has 5 nitrogen and oxygen atoms in total. The number of likely N-dealkylation sites (N-methyl/N-ethyl adjacent to an activating group) is 1. The van der Waals surface area contributed by atoms with Crippen LogP contribution in [0.4, 0.5) is 0 Å². The Labute approximate surface area is 129 Å². The number of amides is 1. The lowest BCUT2D eigenvalue weighted by atomic mass is 10.2. The monoisotopic (exact) mass is 308 g/mol. The van der Waals surface area contributed by atoms with Crippen LogP contribution in [0.1, 0.15) is 5.56 Å². The van der Waals surface area contributed by atoms with Gasteiger partial charge in [0.05, 0.1) is 19.6 Å². The Balaban J connectivity index is 2.60. The summed E-state index contributed by atoms with van der Waals surface area (Å²) in [4.78, 5) is 25.7. The lowest BCUT2D eigenvalue weighted by molar-refractivity contribution is -0.139. The highest BCUT2D eigenvalue weighted by Crippen LogP contribution is 2.12. The molecule has 0 bridgehead atoms. The fourth-order valence-electron chi connectivity index (χ4n) is 1.80. The van der Waals surface area contributed by atoms with Gasteiger partial charge in [-0.15, -0.1) is 6.42 Å². The molecule has 0 aliphatic rings. The van der Waals surface area contributed by atoms with Crippen LogP contribution in [-0.2, 0) is 16.1 Å². The highest BCUT2D eigenvalue weighted by molar-refractivity contribution is 6.30. The number of carboxylic acids is 1. The summed E-state index contributed by atoms with van der Waals surface area (Å²) < 4.78 is 0. The van der Waals surface area contributed by atoms with Crippen LogP contribution in [0.15, 0.2) is 24.3 Å². The average molecular weight is 309 g/mol. The van der Waals surface area contributed by atoms with Gasteiger partial charge < -0.3 is 10.0 Å². The summed E-state index contributed by atoms with van der Waals surface area (Å²) in [5, 5.41) is 9.38. The van der Waals surface area contributed by atoms with Gasteiger partial charge in [-0.3, -0.25) is 14.5 Å². The molecule has 0 heterocycles. The van der Waals surface area contributed by atoms with Gasteiger partial charge in [0, 0.05) is 18.6 Å². The zero-order chi connectivity index (χ0) is 15.8. The van der Waals surface area contributed by atoms with Crippen molar-refractivity contribution < 1.29 is 14.7 Å². The maximum atomic E-state index is 12.1. The molecule has 0 aliphatic heterocycles. The summed E-state index contributed by atoms with van der Waals surface area (Å²) in [5.74, 6) is 1.13. The lowest BCUT2D eigenvalue weighted by Crippen LogP contribution is -2.40. The molecule has 0 spiro atoms. The van der Waals surface area contributed by atoms with E-state index < -0.39 is 5.97 Å². The summed E-state index contributed by atoms with van der Waals surface area (Å²) >= 11 is 5.89. The van der Waals surface area contributed by atoms with E-state index in [9.17, 15) is 9.59 Å². The van der Waals surface area contributed by atoms with E-state index in [-0.39, 0.29) is 25.5 Å². The zero-order valence-electron chi connectivity index (χ0n) is 11.8. The molecular weight excluding hydrogens is 292 g/mol. The number of hydrogen-bond acceptors (Lipinski definition) is 3. The standard InChI is InChI=1S/C15H17ClN2O3/c1-3-7-18(11-15(20)21)10-14(19)17(2)9-12-5-4-6-13(16)8-12/h1,4-6,8H,7,9-11H2,2H3,(H,20,21). The molecule has 112 valence electrons. The van der Waals surface area contributed by atoms with Crippen LogP contribution in [0.2, 0.25) is 5.02 Å². The van der Waals surface area contributed by atoms with E-state index in [1.54, 1.807) is 19.2 Å². The SMILES string of the molecule is C#CCN(CC(=O)O)CC(=O)N(C)Cc1cccc(Cl)c1. The van der Waals surface area contributed by atoms with Crippen LogP contribution in [-0.4, -0.2) is 53.5 Å². The largest absolute Gasteiger partial charge is 0.480 e. The van der Waals surface area contributed by atoms with E-state index in [4.69, 9.17) is 23.1 Å². The Morgan fingerprint density at radius 1 is 1.38 bits per heavy atom. The van der Waals surface area contributed by atoms with Gasteiger partial charge in [-0.25, -0.2) is 0 Å². The maximum Gasteiger partial charge on any atom is 0.317 e. The van der Waals surface area contributed by atoms with Crippen LogP contribution in [0.25, 0.3) is 0 Å². The van der Waals surface area contributed by atoms with Gasteiger partial charge in [0.25, 0.3) is 0 Å². The first-order valence-corrected chi connectivity index (χ1v) is 6.66. The molecule has 21 heavy (non-hydrogen) atoms. The second-order valence-electron chi connectivity index (χ2n) is 4.62. The van der Waals surface area contributed by atoms with Crippen LogP contribution in [0.3, 0.4) is 0 Å². The minimum Gasteiger partial charge on any atom is -0.480 e. The van der Waals surface area contributed by atoms with E-state index in [0.29, 0.717) is 11.6 Å². The Morgan fingerprint density at radius 3 is 2.67 bits per heavy atom. The van der Waals surface area contributed by atoms with Crippen LogP contribution in [0.5, 0.6) is 0 Å². The molecule has 0 atom stereocenters. The van der Waals surface area contributed by atoms with Gasteiger partial charge in [-0.2, -0.15) is 0 Å². The van der Waals surface area contributed by atoms with Crippen molar-refractivity contribution in [2.45, 2.75) is 6.54 Å².